The molecule has 0 radical (unpaired) electrons. The second-order valence-corrected chi connectivity index (χ2v) is 7.05. The Labute approximate surface area is 166 Å². The molecule has 0 unspecified atom stereocenters. The van der Waals surface area contributed by atoms with Gasteiger partial charge in [-0.3, -0.25) is 14.9 Å². The molecule has 0 saturated carbocycles. The fraction of sp³-hybridized carbons (Fsp3) is 0.200. The average molecular weight is 397 g/mol. The van der Waals surface area contributed by atoms with Crippen molar-refractivity contribution >= 4 is 28.9 Å². The molecule has 0 aliphatic carbocycles. The third kappa shape index (κ3) is 3.61. The van der Waals surface area contributed by atoms with Gasteiger partial charge in [0.2, 0.25) is 0 Å². The summed E-state index contributed by atoms with van der Waals surface area (Å²) in [5, 5.41) is 13.7. The Morgan fingerprint density at radius 3 is 2.68 bits per heavy atom. The number of nitro groups is 1. The number of hydrogen-bond acceptors (Lipinski definition) is 4. The van der Waals surface area contributed by atoms with Crippen LogP contribution in [0.3, 0.4) is 0 Å². The highest BCUT2D eigenvalue weighted by Gasteiger charge is 2.17. The number of aryl methyl sites for hydroxylation is 2. The molecule has 0 spiro atoms. The summed E-state index contributed by atoms with van der Waals surface area (Å²) in [6.45, 7) is 1.00. The number of amides is 1. The van der Waals surface area contributed by atoms with Crippen LogP contribution in [0.15, 0.2) is 48.7 Å². The number of fused-ring (bicyclic) bond motifs is 1. The van der Waals surface area contributed by atoms with Gasteiger partial charge in [-0.15, -0.1) is 0 Å². The van der Waals surface area contributed by atoms with Crippen LogP contribution < -0.4 is 5.32 Å². The molecule has 1 aliphatic heterocycles. The van der Waals surface area contributed by atoms with Crippen LogP contribution in [0.25, 0.3) is 11.3 Å². The lowest BCUT2D eigenvalue weighted by molar-refractivity contribution is -0.384. The zero-order valence-corrected chi connectivity index (χ0v) is 15.6. The molecule has 0 saturated heterocycles. The van der Waals surface area contributed by atoms with Crippen molar-refractivity contribution in [2.75, 3.05) is 5.32 Å². The maximum absolute atomic E-state index is 12.4. The van der Waals surface area contributed by atoms with Crippen molar-refractivity contribution in [3.63, 3.8) is 0 Å². The highest BCUT2D eigenvalue weighted by molar-refractivity contribution is 6.32. The summed E-state index contributed by atoms with van der Waals surface area (Å²) in [6.07, 6.45) is 5.41. The minimum atomic E-state index is -0.613. The Morgan fingerprint density at radius 1 is 1.18 bits per heavy atom. The number of rotatable bonds is 4. The summed E-state index contributed by atoms with van der Waals surface area (Å²) in [7, 11) is 0. The molecule has 2 heterocycles. The van der Waals surface area contributed by atoms with Gasteiger partial charge in [0, 0.05) is 42.0 Å². The van der Waals surface area contributed by atoms with Crippen LogP contribution in [0.1, 0.15) is 29.0 Å². The summed E-state index contributed by atoms with van der Waals surface area (Å²) in [5.41, 5.74) is 2.36. The van der Waals surface area contributed by atoms with Crippen molar-refractivity contribution in [1.82, 2.24) is 9.55 Å². The molecule has 8 heteroatoms. The zero-order valence-electron chi connectivity index (χ0n) is 14.9. The van der Waals surface area contributed by atoms with E-state index < -0.39 is 10.8 Å². The first-order chi connectivity index (χ1) is 13.5. The fourth-order valence-electron chi connectivity index (χ4n) is 3.27. The van der Waals surface area contributed by atoms with Crippen LogP contribution in [-0.2, 0) is 13.0 Å². The van der Waals surface area contributed by atoms with Crippen LogP contribution in [0.2, 0.25) is 5.02 Å². The number of hydrogen-bond donors (Lipinski definition) is 1. The van der Waals surface area contributed by atoms with Crippen molar-refractivity contribution in [2.24, 2.45) is 0 Å². The van der Waals surface area contributed by atoms with Crippen molar-refractivity contribution in [3.05, 3.63) is 75.2 Å². The first-order valence-corrected chi connectivity index (χ1v) is 9.31. The highest BCUT2D eigenvalue weighted by atomic mass is 35.5. The predicted octanol–water partition coefficient (Wildman–Crippen LogP) is 4.70. The summed E-state index contributed by atoms with van der Waals surface area (Å²) in [4.78, 5) is 27.5. The molecule has 1 amide bonds. The lowest BCUT2D eigenvalue weighted by atomic mass is 10.1. The maximum atomic E-state index is 12.4. The molecule has 0 bridgehead atoms. The fourth-order valence-corrected chi connectivity index (χ4v) is 3.46. The number of anilines is 1. The monoisotopic (exact) mass is 396 g/mol. The van der Waals surface area contributed by atoms with Gasteiger partial charge in [0.05, 0.1) is 10.6 Å². The van der Waals surface area contributed by atoms with Crippen molar-refractivity contribution in [3.8, 4) is 11.3 Å². The Balaban J connectivity index is 1.50. The minimum absolute atomic E-state index is 0.00586. The number of nitrogens with one attached hydrogen (secondary N) is 1. The van der Waals surface area contributed by atoms with Crippen LogP contribution in [-0.4, -0.2) is 20.4 Å². The Bertz CT molecular complexity index is 1040. The van der Waals surface area contributed by atoms with Crippen molar-refractivity contribution < 1.29 is 9.72 Å². The first kappa shape index (κ1) is 18.2. The summed E-state index contributed by atoms with van der Waals surface area (Å²) in [6, 6.07) is 11.3. The molecular formula is C20H17ClN4O3. The number of benzene rings is 2. The van der Waals surface area contributed by atoms with E-state index in [0.29, 0.717) is 5.69 Å². The van der Waals surface area contributed by atoms with E-state index in [-0.39, 0.29) is 16.3 Å². The largest absolute Gasteiger partial charge is 0.334 e. The van der Waals surface area contributed by atoms with Crippen LogP contribution >= 0.6 is 11.6 Å². The average Bonchev–Trinajstić information content (AvgIpc) is 3.13. The van der Waals surface area contributed by atoms with Crippen LogP contribution in [0.5, 0.6) is 0 Å². The number of carbonyl (C=O) groups excluding carboxylic acids is 1. The second kappa shape index (κ2) is 7.44. The number of aromatic nitrogens is 2. The molecule has 7 nitrogen and oxygen atoms in total. The van der Waals surface area contributed by atoms with Gasteiger partial charge in [-0.05, 0) is 37.1 Å². The maximum Gasteiger partial charge on any atom is 0.288 e. The minimum Gasteiger partial charge on any atom is -0.334 e. The molecule has 142 valence electrons. The van der Waals surface area contributed by atoms with E-state index in [9.17, 15) is 14.9 Å². The Hall–Kier alpha value is -3.19. The number of carbonyl (C=O) groups is 1. The predicted molar refractivity (Wildman–Crippen MR) is 107 cm³/mol. The molecule has 1 aliphatic rings. The van der Waals surface area contributed by atoms with Gasteiger partial charge < -0.3 is 9.88 Å². The number of imidazole rings is 1. The lowest BCUT2D eigenvalue weighted by Crippen LogP contribution is -2.12. The molecule has 1 N–H and O–H groups in total. The molecule has 28 heavy (non-hydrogen) atoms. The number of nitro benzene ring substituents is 1. The molecule has 4 rings (SSSR count). The van der Waals surface area contributed by atoms with Crippen molar-refractivity contribution in [1.29, 1.82) is 0 Å². The molecule has 0 fully saturated rings. The second-order valence-electron chi connectivity index (χ2n) is 6.65. The summed E-state index contributed by atoms with van der Waals surface area (Å²) in [5.74, 6) is 0.674. The highest BCUT2D eigenvalue weighted by Crippen LogP contribution is 2.26. The van der Waals surface area contributed by atoms with Gasteiger partial charge in [0.15, 0.2) is 0 Å². The first-order valence-electron chi connectivity index (χ1n) is 8.93. The van der Waals surface area contributed by atoms with Crippen LogP contribution in [0, 0.1) is 10.1 Å². The van der Waals surface area contributed by atoms with Crippen LogP contribution in [0.4, 0.5) is 11.4 Å². The summed E-state index contributed by atoms with van der Waals surface area (Å²) < 4.78 is 2.20. The smallest absolute Gasteiger partial charge is 0.288 e. The van der Waals surface area contributed by atoms with E-state index in [1.807, 2.05) is 12.1 Å². The van der Waals surface area contributed by atoms with Gasteiger partial charge in [0.25, 0.3) is 11.6 Å². The molecular weight excluding hydrogens is 380 g/mol. The van der Waals surface area contributed by atoms with E-state index >= 15 is 0 Å². The molecule has 3 aromatic rings. The molecule has 2 aromatic carbocycles. The normalized spacial score (nSPS) is 13.0. The van der Waals surface area contributed by atoms with E-state index in [1.54, 1.807) is 12.1 Å². The number of nitrogens with zero attached hydrogens (tertiary/aromatic N) is 3. The Kier molecular flexibility index (Phi) is 4.83. The zero-order chi connectivity index (χ0) is 19.7. The van der Waals surface area contributed by atoms with Gasteiger partial charge >= 0.3 is 0 Å². The van der Waals surface area contributed by atoms with Gasteiger partial charge in [-0.1, -0.05) is 23.7 Å². The van der Waals surface area contributed by atoms with Gasteiger partial charge in [-0.25, -0.2) is 4.98 Å². The van der Waals surface area contributed by atoms with Gasteiger partial charge in [0.1, 0.15) is 10.8 Å². The quantitative estimate of drug-likeness (QED) is 0.511. The SMILES string of the molecule is O=C(Nc1ccc(-c2cn3c(n2)CCCC3)cc1)c1ccc(Cl)c([N+](=O)[O-])c1. The number of halogens is 1. The molecule has 1 aromatic heterocycles. The lowest BCUT2D eigenvalue weighted by Gasteiger charge is -2.11. The summed E-state index contributed by atoms with van der Waals surface area (Å²) >= 11 is 5.79. The standard InChI is InChI=1S/C20H17ClN4O3/c21-16-9-6-14(11-18(16)25(27)28)20(26)22-15-7-4-13(5-8-15)17-12-24-10-2-1-3-19(24)23-17/h4-9,11-12H,1-3,10H2,(H,22,26). The van der Waals surface area contributed by atoms with Crippen molar-refractivity contribution in [2.45, 2.75) is 25.8 Å². The van der Waals surface area contributed by atoms with E-state index in [2.05, 4.69) is 16.1 Å². The molecule has 0 atom stereocenters. The van der Waals surface area contributed by atoms with E-state index in [0.717, 1.165) is 30.0 Å². The van der Waals surface area contributed by atoms with E-state index in [4.69, 9.17) is 16.6 Å². The van der Waals surface area contributed by atoms with Gasteiger partial charge in [-0.2, -0.15) is 0 Å². The topological polar surface area (TPSA) is 90.1 Å². The third-order valence-corrected chi connectivity index (χ3v) is 5.07. The Morgan fingerprint density at radius 2 is 1.96 bits per heavy atom. The third-order valence-electron chi connectivity index (χ3n) is 4.75. The van der Waals surface area contributed by atoms with E-state index in [1.165, 1.54) is 31.0 Å².